The Balaban J connectivity index is 1.94. The second-order valence-electron chi connectivity index (χ2n) is 8.07. The van der Waals surface area contributed by atoms with Crippen molar-refractivity contribution in [1.29, 1.82) is 0 Å². The van der Waals surface area contributed by atoms with Crippen molar-refractivity contribution in [3.8, 4) is 0 Å². The number of carbonyl (C=O) groups is 1. The van der Waals surface area contributed by atoms with Gasteiger partial charge in [-0.3, -0.25) is 18.7 Å². The molecule has 0 saturated carbocycles. The number of hydrogen-bond acceptors (Lipinski definition) is 5. The van der Waals surface area contributed by atoms with Gasteiger partial charge in [-0.2, -0.15) is 0 Å². The number of rotatable bonds is 8. The van der Waals surface area contributed by atoms with Crippen LogP contribution in [-0.4, -0.2) is 21.5 Å². The highest BCUT2D eigenvalue weighted by molar-refractivity contribution is 6.30. The molecule has 1 heterocycles. The molecule has 0 aliphatic heterocycles. The summed E-state index contributed by atoms with van der Waals surface area (Å²) in [5.41, 5.74) is 6.03. The molecule has 0 fully saturated rings. The molecular weight excluding hydrogens is 428 g/mol. The molecule has 0 saturated heterocycles. The molecule has 3 N–H and O–H groups in total. The molecule has 0 unspecified atom stereocenters. The largest absolute Gasteiger partial charge is 0.384 e. The molecule has 7 nitrogen and oxygen atoms in total. The average Bonchev–Trinajstić information content (AvgIpc) is 2.77. The van der Waals surface area contributed by atoms with Gasteiger partial charge in [0, 0.05) is 17.1 Å². The Bertz CT molecular complexity index is 1230. The van der Waals surface area contributed by atoms with E-state index in [1.54, 1.807) is 19.1 Å². The van der Waals surface area contributed by atoms with Crippen LogP contribution in [0, 0.1) is 0 Å². The highest BCUT2D eigenvalue weighted by atomic mass is 35.5. The van der Waals surface area contributed by atoms with Crippen molar-refractivity contribution in [3.05, 3.63) is 97.1 Å². The lowest BCUT2D eigenvalue weighted by molar-refractivity contribution is 0.0978. The number of ketones is 1. The van der Waals surface area contributed by atoms with Gasteiger partial charge in [-0.25, -0.2) is 4.79 Å². The van der Waals surface area contributed by atoms with Crippen LogP contribution in [0.1, 0.15) is 42.3 Å². The fourth-order valence-corrected chi connectivity index (χ4v) is 3.66. The van der Waals surface area contributed by atoms with Gasteiger partial charge in [0.2, 0.25) is 0 Å². The van der Waals surface area contributed by atoms with Crippen molar-refractivity contribution >= 4 is 23.2 Å². The van der Waals surface area contributed by atoms with Crippen molar-refractivity contribution in [2.24, 2.45) is 0 Å². The first kappa shape index (κ1) is 23.5. The lowest BCUT2D eigenvalue weighted by Gasteiger charge is -2.27. The van der Waals surface area contributed by atoms with Crippen LogP contribution in [0.5, 0.6) is 0 Å². The molecule has 0 aliphatic rings. The SMILES string of the molecule is CCn1c(=O)c(C(=O)CNC(C)(C)c2ccc(Cl)cc2)c(N)n(Cc2ccccc2)c1=O. The molecule has 3 rings (SSSR count). The lowest BCUT2D eigenvalue weighted by atomic mass is 9.94. The van der Waals surface area contributed by atoms with Gasteiger partial charge in [0.25, 0.3) is 5.56 Å². The van der Waals surface area contributed by atoms with E-state index in [0.717, 1.165) is 15.7 Å². The average molecular weight is 455 g/mol. The fourth-order valence-electron chi connectivity index (χ4n) is 3.53. The molecule has 3 aromatic rings. The predicted octanol–water partition coefficient (Wildman–Crippen LogP) is 3.02. The summed E-state index contributed by atoms with van der Waals surface area (Å²) in [5, 5.41) is 3.80. The topological polar surface area (TPSA) is 99.1 Å². The van der Waals surface area contributed by atoms with Crippen LogP contribution in [-0.2, 0) is 18.6 Å². The standard InChI is InChI=1S/C24H27ClN4O3/c1-4-28-22(31)20(21(26)29(23(28)32)15-16-8-6-5-7-9-16)19(30)14-27-24(2,3)17-10-12-18(25)13-11-17/h5-13,27H,4,14-15,26H2,1-3H3. The zero-order valence-corrected chi connectivity index (χ0v) is 19.1. The smallest absolute Gasteiger partial charge is 0.332 e. The van der Waals surface area contributed by atoms with Gasteiger partial charge in [0.15, 0.2) is 5.78 Å². The zero-order chi connectivity index (χ0) is 23.5. The normalized spacial score (nSPS) is 11.5. The maximum atomic E-state index is 13.1. The molecule has 0 bridgehead atoms. The van der Waals surface area contributed by atoms with Gasteiger partial charge in [-0.05, 0) is 44.0 Å². The van der Waals surface area contributed by atoms with Crippen molar-refractivity contribution in [3.63, 3.8) is 0 Å². The van der Waals surface area contributed by atoms with Crippen LogP contribution < -0.4 is 22.3 Å². The van der Waals surface area contributed by atoms with Gasteiger partial charge >= 0.3 is 5.69 Å². The Hall–Kier alpha value is -3.16. The summed E-state index contributed by atoms with van der Waals surface area (Å²) in [6, 6.07) is 16.6. The summed E-state index contributed by atoms with van der Waals surface area (Å²) in [4.78, 5) is 38.9. The van der Waals surface area contributed by atoms with E-state index in [1.807, 2.05) is 56.3 Å². The van der Waals surface area contributed by atoms with Crippen molar-refractivity contribution in [2.75, 3.05) is 12.3 Å². The van der Waals surface area contributed by atoms with Crippen LogP contribution in [0.3, 0.4) is 0 Å². The Morgan fingerprint density at radius 2 is 1.66 bits per heavy atom. The van der Waals surface area contributed by atoms with Gasteiger partial charge in [0.1, 0.15) is 11.4 Å². The summed E-state index contributed by atoms with van der Waals surface area (Å²) >= 11 is 5.96. The van der Waals surface area contributed by atoms with Crippen LogP contribution >= 0.6 is 11.6 Å². The van der Waals surface area contributed by atoms with Gasteiger partial charge in [-0.1, -0.05) is 54.1 Å². The Morgan fingerprint density at radius 1 is 1.03 bits per heavy atom. The second kappa shape index (κ2) is 9.54. The van der Waals surface area contributed by atoms with E-state index in [0.29, 0.717) is 5.02 Å². The first-order chi connectivity index (χ1) is 15.2. The minimum atomic E-state index is -0.671. The third-order valence-electron chi connectivity index (χ3n) is 5.50. The number of nitrogens with one attached hydrogen (secondary N) is 1. The van der Waals surface area contributed by atoms with Crippen LogP contribution in [0.4, 0.5) is 5.82 Å². The summed E-state index contributed by atoms with van der Waals surface area (Å²) < 4.78 is 2.31. The highest BCUT2D eigenvalue weighted by Gasteiger charge is 2.25. The number of hydrogen-bond donors (Lipinski definition) is 2. The molecule has 32 heavy (non-hydrogen) atoms. The second-order valence-corrected chi connectivity index (χ2v) is 8.51. The molecule has 0 amide bonds. The first-order valence-corrected chi connectivity index (χ1v) is 10.7. The summed E-state index contributed by atoms with van der Waals surface area (Å²) in [6.07, 6.45) is 0. The van der Waals surface area contributed by atoms with E-state index in [9.17, 15) is 14.4 Å². The van der Waals surface area contributed by atoms with Crippen LogP contribution in [0.2, 0.25) is 5.02 Å². The lowest BCUT2D eigenvalue weighted by Crippen LogP contribution is -2.46. The number of benzene rings is 2. The maximum absolute atomic E-state index is 13.1. The van der Waals surface area contributed by atoms with Gasteiger partial charge < -0.3 is 11.1 Å². The van der Waals surface area contributed by atoms with Gasteiger partial charge in [-0.15, -0.1) is 0 Å². The number of nitrogens with zero attached hydrogens (tertiary/aromatic N) is 2. The van der Waals surface area contributed by atoms with Crippen LogP contribution in [0.15, 0.2) is 64.2 Å². The first-order valence-electron chi connectivity index (χ1n) is 10.4. The molecule has 0 aliphatic carbocycles. The van der Waals surface area contributed by atoms with E-state index in [2.05, 4.69) is 5.32 Å². The molecule has 0 atom stereocenters. The van der Waals surface area contributed by atoms with E-state index >= 15 is 0 Å². The minimum absolute atomic E-state index is 0.121. The molecule has 2 aromatic carbocycles. The fraction of sp³-hybridized carbons (Fsp3) is 0.292. The van der Waals surface area contributed by atoms with E-state index in [1.165, 1.54) is 4.57 Å². The Kier molecular flexibility index (Phi) is 7.01. The molecule has 1 aromatic heterocycles. The highest BCUT2D eigenvalue weighted by Crippen LogP contribution is 2.22. The monoisotopic (exact) mass is 454 g/mol. The third kappa shape index (κ3) is 4.84. The van der Waals surface area contributed by atoms with Crippen molar-refractivity contribution in [1.82, 2.24) is 14.5 Å². The van der Waals surface area contributed by atoms with Crippen molar-refractivity contribution in [2.45, 2.75) is 39.4 Å². The van der Waals surface area contributed by atoms with E-state index < -0.39 is 22.6 Å². The molecule has 168 valence electrons. The summed E-state index contributed by atoms with van der Waals surface area (Å²) in [5.74, 6) is -0.594. The maximum Gasteiger partial charge on any atom is 0.332 e. The quantitative estimate of drug-likeness (QED) is 0.510. The molecule has 8 heteroatoms. The Labute approximate surface area is 191 Å². The van der Waals surface area contributed by atoms with E-state index in [4.69, 9.17) is 17.3 Å². The van der Waals surface area contributed by atoms with E-state index in [-0.39, 0.29) is 31.0 Å². The summed E-state index contributed by atoms with van der Waals surface area (Å²) in [7, 11) is 0. The molecule has 0 spiro atoms. The van der Waals surface area contributed by atoms with Crippen LogP contribution in [0.25, 0.3) is 0 Å². The number of carbonyl (C=O) groups excluding carboxylic acids is 1. The third-order valence-corrected chi connectivity index (χ3v) is 5.76. The number of aromatic nitrogens is 2. The number of halogens is 1. The van der Waals surface area contributed by atoms with Gasteiger partial charge in [0.05, 0.1) is 13.1 Å². The number of anilines is 1. The zero-order valence-electron chi connectivity index (χ0n) is 18.4. The Morgan fingerprint density at radius 3 is 2.25 bits per heavy atom. The summed E-state index contributed by atoms with van der Waals surface area (Å²) in [6.45, 7) is 5.71. The predicted molar refractivity (Wildman–Crippen MR) is 127 cm³/mol. The minimum Gasteiger partial charge on any atom is -0.384 e. The number of nitrogen functional groups attached to an aromatic ring is 1. The molecular formula is C24H27ClN4O3. The number of nitrogens with two attached hydrogens (primary N) is 1. The number of Topliss-reactive ketones (excluding diaryl/α,β-unsaturated/α-hetero) is 1. The molecule has 0 radical (unpaired) electrons. The van der Waals surface area contributed by atoms with Crippen molar-refractivity contribution < 1.29 is 4.79 Å².